The van der Waals surface area contributed by atoms with Crippen LogP contribution in [0.4, 0.5) is 0 Å². The molecule has 0 bridgehead atoms. The van der Waals surface area contributed by atoms with Gasteiger partial charge in [0.15, 0.2) is 0 Å². The summed E-state index contributed by atoms with van der Waals surface area (Å²) in [7, 11) is 0. The minimum atomic E-state index is 0.621. The summed E-state index contributed by atoms with van der Waals surface area (Å²) < 4.78 is 9.78. The molecule has 5 heterocycles. The van der Waals surface area contributed by atoms with Crippen molar-refractivity contribution < 1.29 is 8.98 Å². The van der Waals surface area contributed by atoms with Gasteiger partial charge in [0.05, 0.1) is 11.8 Å². The van der Waals surface area contributed by atoms with E-state index in [-0.39, 0.29) is 0 Å². The summed E-state index contributed by atoms with van der Waals surface area (Å²) in [6.45, 7) is 0.746. The lowest BCUT2D eigenvalue weighted by molar-refractivity contribution is -0.651. The molecule has 0 spiro atoms. The normalized spacial score (nSPS) is 13.1. The zero-order valence-electron chi connectivity index (χ0n) is 9.82. The Labute approximate surface area is 106 Å². The lowest BCUT2D eigenvalue weighted by Gasteiger charge is -1.90. The van der Waals surface area contributed by atoms with Crippen molar-refractivity contribution in [2.24, 2.45) is 0 Å². The van der Waals surface area contributed by atoms with E-state index in [1.54, 1.807) is 12.4 Å². The van der Waals surface area contributed by atoms with E-state index in [2.05, 4.69) is 19.6 Å². The summed E-state index contributed by atoms with van der Waals surface area (Å²) in [6, 6.07) is 5.75. The SMILES string of the molecule is c1cnn2c(c1)nc1oc3[n+](c12)Cc1cnccc1-3. The highest BCUT2D eigenvalue weighted by Gasteiger charge is 2.34. The Morgan fingerprint density at radius 1 is 1.26 bits per heavy atom. The van der Waals surface area contributed by atoms with E-state index in [1.165, 1.54) is 0 Å². The van der Waals surface area contributed by atoms with Crippen molar-refractivity contribution >= 4 is 17.0 Å². The summed E-state index contributed by atoms with van der Waals surface area (Å²) in [6.07, 6.45) is 5.40. The second-order valence-electron chi connectivity index (χ2n) is 4.56. The van der Waals surface area contributed by atoms with Crippen LogP contribution in [-0.2, 0) is 6.54 Å². The summed E-state index contributed by atoms with van der Waals surface area (Å²) in [4.78, 5) is 8.60. The molecule has 4 aromatic heterocycles. The highest BCUT2D eigenvalue weighted by atomic mass is 16.4. The largest absolute Gasteiger partial charge is 0.395 e. The van der Waals surface area contributed by atoms with Gasteiger partial charge in [-0.05, 0) is 12.1 Å². The van der Waals surface area contributed by atoms with Crippen molar-refractivity contribution in [1.29, 1.82) is 0 Å². The average molecular weight is 250 g/mol. The molecule has 4 aromatic rings. The fraction of sp³-hybridized carbons (Fsp3) is 0.0769. The van der Waals surface area contributed by atoms with E-state index in [4.69, 9.17) is 4.42 Å². The number of pyridine rings is 1. The molecule has 1 aliphatic rings. The minimum Gasteiger partial charge on any atom is -0.395 e. The Hall–Kier alpha value is -2.76. The number of aromatic nitrogens is 5. The van der Waals surface area contributed by atoms with Gasteiger partial charge in [-0.15, -0.1) is 0 Å². The lowest BCUT2D eigenvalue weighted by atomic mass is 10.2. The van der Waals surface area contributed by atoms with Gasteiger partial charge in [-0.1, -0.05) is 9.61 Å². The van der Waals surface area contributed by atoms with E-state index in [1.807, 2.05) is 28.9 Å². The first-order valence-electron chi connectivity index (χ1n) is 6.01. The first-order valence-corrected chi connectivity index (χ1v) is 6.01. The van der Waals surface area contributed by atoms with Crippen LogP contribution in [0, 0.1) is 0 Å². The van der Waals surface area contributed by atoms with Crippen LogP contribution in [0.2, 0.25) is 0 Å². The third-order valence-electron chi connectivity index (χ3n) is 3.50. The number of imidazole rings is 1. The maximum atomic E-state index is 5.89. The molecular weight excluding hydrogens is 242 g/mol. The summed E-state index contributed by atoms with van der Waals surface area (Å²) >= 11 is 0. The Bertz CT molecular complexity index is 952. The van der Waals surface area contributed by atoms with Crippen LogP contribution >= 0.6 is 0 Å². The van der Waals surface area contributed by atoms with Crippen LogP contribution in [-0.4, -0.2) is 19.6 Å². The monoisotopic (exact) mass is 250 g/mol. The highest BCUT2D eigenvalue weighted by molar-refractivity contribution is 5.71. The zero-order valence-corrected chi connectivity index (χ0v) is 9.82. The molecule has 0 saturated carbocycles. The lowest BCUT2D eigenvalue weighted by Crippen LogP contribution is -2.32. The van der Waals surface area contributed by atoms with Crippen molar-refractivity contribution in [3.05, 3.63) is 42.4 Å². The van der Waals surface area contributed by atoms with Crippen molar-refractivity contribution in [1.82, 2.24) is 19.6 Å². The molecule has 0 atom stereocenters. The summed E-state index contributed by atoms with van der Waals surface area (Å²) in [5.41, 5.74) is 4.55. The molecule has 1 aliphatic heterocycles. The summed E-state index contributed by atoms with van der Waals surface area (Å²) in [5, 5.41) is 4.34. The first kappa shape index (κ1) is 9.21. The van der Waals surface area contributed by atoms with E-state index in [9.17, 15) is 0 Å². The Kier molecular flexibility index (Phi) is 1.44. The fourth-order valence-electron chi connectivity index (χ4n) is 2.68. The van der Waals surface area contributed by atoms with Gasteiger partial charge in [0.2, 0.25) is 0 Å². The molecule has 0 amide bonds. The van der Waals surface area contributed by atoms with Crippen LogP contribution in [0.25, 0.3) is 28.5 Å². The quantitative estimate of drug-likeness (QED) is 0.387. The molecule has 0 N–H and O–H groups in total. The van der Waals surface area contributed by atoms with Gasteiger partial charge in [-0.25, -0.2) is 0 Å². The smallest absolute Gasteiger partial charge is 0.376 e. The van der Waals surface area contributed by atoms with Gasteiger partial charge in [-0.3, -0.25) is 4.98 Å². The average Bonchev–Trinajstić information content (AvgIpc) is 3.05. The zero-order chi connectivity index (χ0) is 12.4. The van der Waals surface area contributed by atoms with Crippen LogP contribution in [0.15, 0.2) is 41.2 Å². The molecule has 6 heteroatoms. The number of nitrogens with zero attached hydrogens (tertiary/aromatic N) is 5. The van der Waals surface area contributed by atoms with Gasteiger partial charge in [0.25, 0.3) is 11.5 Å². The van der Waals surface area contributed by atoms with Crippen LogP contribution in [0.5, 0.6) is 0 Å². The molecule has 0 unspecified atom stereocenters. The summed E-state index contributed by atoms with van der Waals surface area (Å²) in [5.74, 6) is 0.829. The second kappa shape index (κ2) is 2.97. The van der Waals surface area contributed by atoms with E-state index in [0.29, 0.717) is 5.71 Å². The molecule has 0 aromatic carbocycles. The van der Waals surface area contributed by atoms with E-state index < -0.39 is 0 Å². The van der Waals surface area contributed by atoms with Gasteiger partial charge in [-0.2, -0.15) is 9.55 Å². The van der Waals surface area contributed by atoms with Gasteiger partial charge < -0.3 is 4.42 Å². The molecule has 6 nitrogen and oxygen atoms in total. The van der Waals surface area contributed by atoms with Gasteiger partial charge in [0.1, 0.15) is 6.54 Å². The molecule has 0 fully saturated rings. The number of fused-ring (bicyclic) bond motifs is 7. The Morgan fingerprint density at radius 2 is 2.26 bits per heavy atom. The number of oxazole rings is 1. The minimum absolute atomic E-state index is 0.621. The maximum Gasteiger partial charge on any atom is 0.376 e. The topological polar surface area (TPSA) is 60.1 Å². The molecule has 0 saturated heterocycles. The van der Waals surface area contributed by atoms with Gasteiger partial charge in [0, 0.05) is 24.0 Å². The molecule has 19 heavy (non-hydrogen) atoms. The highest BCUT2D eigenvalue weighted by Crippen LogP contribution is 2.30. The Morgan fingerprint density at radius 3 is 3.26 bits per heavy atom. The van der Waals surface area contributed by atoms with Crippen molar-refractivity contribution in [3.63, 3.8) is 0 Å². The fourth-order valence-corrected chi connectivity index (χ4v) is 2.68. The van der Waals surface area contributed by atoms with Crippen molar-refractivity contribution in [2.45, 2.75) is 6.54 Å². The van der Waals surface area contributed by atoms with E-state index in [0.717, 1.165) is 34.9 Å². The number of rotatable bonds is 0. The first-order chi connectivity index (χ1) is 9.42. The van der Waals surface area contributed by atoms with E-state index >= 15 is 0 Å². The molecule has 90 valence electrons. The van der Waals surface area contributed by atoms with Crippen molar-refractivity contribution in [2.75, 3.05) is 0 Å². The predicted octanol–water partition coefficient (Wildman–Crippen LogP) is 1.19. The van der Waals surface area contributed by atoms with Crippen LogP contribution in [0.1, 0.15) is 5.56 Å². The van der Waals surface area contributed by atoms with Crippen LogP contribution in [0.3, 0.4) is 0 Å². The molecular formula is C13H8N5O+. The third-order valence-corrected chi connectivity index (χ3v) is 3.50. The van der Waals surface area contributed by atoms with Gasteiger partial charge >= 0.3 is 11.4 Å². The molecule has 0 radical (unpaired) electrons. The standard InChI is InChI=1S/C13H8N5O/c1-2-10-16-11-12(18(10)15-4-1)17-7-8-6-14-5-3-9(8)13(17)19-11/h1-6H,7H2/q+1. The maximum absolute atomic E-state index is 5.89. The Balaban J connectivity index is 1.94. The van der Waals surface area contributed by atoms with Crippen molar-refractivity contribution in [3.8, 4) is 11.5 Å². The number of hydrogen-bond acceptors (Lipinski definition) is 4. The predicted molar refractivity (Wildman–Crippen MR) is 65.3 cm³/mol. The van der Waals surface area contributed by atoms with Crippen LogP contribution < -0.4 is 4.57 Å². The molecule has 0 aliphatic carbocycles. The number of hydrogen-bond donors (Lipinski definition) is 0. The third kappa shape index (κ3) is 1.02. The second-order valence-corrected chi connectivity index (χ2v) is 4.56. The molecule has 5 rings (SSSR count).